The van der Waals surface area contributed by atoms with Crippen molar-refractivity contribution in [3.05, 3.63) is 11.1 Å². The van der Waals surface area contributed by atoms with E-state index in [-0.39, 0.29) is 12.0 Å². The minimum absolute atomic E-state index is 0.141. The smallest absolute Gasteiger partial charge is 0.469 e. The minimum atomic E-state index is -2.98. The molecule has 0 amide bonds. The highest BCUT2D eigenvalue weighted by Gasteiger charge is 2.49. The van der Waals surface area contributed by atoms with E-state index >= 15 is 0 Å². The molecule has 1 atom stereocenters. The Morgan fingerprint density at radius 1 is 0.867 bits per heavy atom. The molecule has 0 spiro atoms. The Morgan fingerprint density at radius 3 is 1.57 bits per heavy atom. The van der Waals surface area contributed by atoms with Crippen molar-refractivity contribution in [3.8, 4) is 0 Å². The molecule has 3 N–H and O–H groups in total. The molecular formula is C19H44O7Si4. The number of rotatable bonds is 14. The van der Waals surface area contributed by atoms with Crippen molar-refractivity contribution in [2.24, 2.45) is 0 Å². The lowest BCUT2D eigenvalue weighted by Gasteiger charge is -2.43. The van der Waals surface area contributed by atoms with Crippen LogP contribution in [0.3, 0.4) is 0 Å². The minimum Gasteiger partial charge on any atom is -0.478 e. The highest BCUT2D eigenvalue weighted by atomic mass is 28.5. The maximum Gasteiger partial charge on any atom is 0.469 e. The Balaban J connectivity index is 5.80. The largest absolute Gasteiger partial charge is 0.478 e. The van der Waals surface area contributed by atoms with E-state index in [0.717, 1.165) is 0 Å². The van der Waals surface area contributed by atoms with E-state index in [0.29, 0.717) is 24.5 Å². The molecule has 0 aromatic carbocycles. The fourth-order valence-electron chi connectivity index (χ4n) is 3.08. The zero-order valence-corrected chi connectivity index (χ0v) is 24.6. The summed E-state index contributed by atoms with van der Waals surface area (Å²) in [7, 11) is -8.87. The monoisotopic (exact) mass is 496 g/mol. The molecule has 7 nitrogen and oxygen atoms in total. The van der Waals surface area contributed by atoms with Gasteiger partial charge in [-0.15, -0.1) is 0 Å². The number of aliphatic hydroxyl groups excluding tert-OH is 2. The van der Waals surface area contributed by atoms with Crippen LogP contribution in [0.4, 0.5) is 0 Å². The van der Waals surface area contributed by atoms with Crippen LogP contribution in [-0.4, -0.2) is 67.8 Å². The van der Waals surface area contributed by atoms with Crippen LogP contribution < -0.4 is 0 Å². The van der Waals surface area contributed by atoms with Gasteiger partial charge >= 0.3 is 14.8 Å². The third-order valence-corrected chi connectivity index (χ3v) is 15.9. The SMILES string of the molecule is CC(C(=O)O)=C(CCC[Si](O[Si](C)(C)C)(O[Si](C)(C)C)O[Si](C)(C)C)CC(O)CO. The summed E-state index contributed by atoms with van der Waals surface area (Å²) >= 11 is 0. The third-order valence-electron chi connectivity index (χ3n) is 3.89. The first-order valence-corrected chi connectivity index (χ1v) is 22.8. The van der Waals surface area contributed by atoms with Crippen molar-refractivity contribution in [1.82, 2.24) is 0 Å². The molecule has 0 heterocycles. The zero-order chi connectivity index (χ0) is 24.0. The molecule has 0 saturated heterocycles. The van der Waals surface area contributed by atoms with Crippen LogP contribution in [0.15, 0.2) is 11.1 Å². The summed E-state index contributed by atoms with van der Waals surface area (Å²) < 4.78 is 20.0. The van der Waals surface area contributed by atoms with Gasteiger partial charge in [0, 0.05) is 11.6 Å². The van der Waals surface area contributed by atoms with Crippen molar-refractivity contribution in [2.75, 3.05) is 6.61 Å². The van der Waals surface area contributed by atoms with E-state index in [1.54, 1.807) is 6.92 Å². The van der Waals surface area contributed by atoms with E-state index in [2.05, 4.69) is 58.9 Å². The first-order valence-electron chi connectivity index (χ1n) is 10.6. The normalized spacial score (nSPS) is 15.7. The van der Waals surface area contributed by atoms with Gasteiger partial charge in [0.1, 0.15) is 0 Å². The molecule has 0 aliphatic heterocycles. The molecule has 0 aromatic rings. The van der Waals surface area contributed by atoms with Gasteiger partial charge in [-0.2, -0.15) is 0 Å². The van der Waals surface area contributed by atoms with Gasteiger partial charge in [0.25, 0.3) is 0 Å². The molecule has 0 saturated carbocycles. The molecule has 0 aliphatic rings. The van der Waals surface area contributed by atoms with E-state index in [1.165, 1.54) is 0 Å². The van der Waals surface area contributed by atoms with E-state index < -0.39 is 52.4 Å². The Hall–Kier alpha value is -0.122. The molecule has 0 radical (unpaired) electrons. The molecule has 0 fully saturated rings. The number of carbonyl (C=O) groups is 1. The second kappa shape index (κ2) is 11.7. The van der Waals surface area contributed by atoms with Gasteiger partial charge < -0.3 is 27.7 Å². The maximum absolute atomic E-state index is 11.5. The number of aliphatic hydroxyl groups is 2. The van der Waals surface area contributed by atoms with E-state index in [4.69, 9.17) is 12.3 Å². The van der Waals surface area contributed by atoms with E-state index in [9.17, 15) is 20.1 Å². The standard InChI is InChI=1S/C19H44O7Si4/c1-16(19(22)23)17(14-18(21)15-20)12-11-13-30(24-27(2,3)4,25-28(5,6)7)26-29(8,9)10/h18,20-21H,11-15H2,1-10H3,(H,22,23). The molecular weight excluding hydrogens is 453 g/mol. The van der Waals surface area contributed by atoms with E-state index in [1.807, 2.05) is 0 Å². The molecule has 30 heavy (non-hydrogen) atoms. The van der Waals surface area contributed by atoms with Crippen LogP contribution in [0, 0.1) is 0 Å². The molecule has 0 aromatic heterocycles. The first kappa shape index (κ1) is 29.9. The quantitative estimate of drug-likeness (QED) is 0.242. The fraction of sp³-hybridized carbons (Fsp3) is 0.842. The topological polar surface area (TPSA) is 105 Å². The summed E-state index contributed by atoms with van der Waals surface area (Å²) in [6.45, 7) is 20.3. The summed E-state index contributed by atoms with van der Waals surface area (Å²) in [6, 6.07) is 0.609. The number of aliphatic carboxylic acids is 1. The van der Waals surface area contributed by atoms with Gasteiger partial charge in [0.15, 0.2) is 25.0 Å². The lowest BCUT2D eigenvalue weighted by Crippen LogP contribution is -2.60. The molecule has 0 rings (SSSR count). The van der Waals surface area contributed by atoms with Gasteiger partial charge in [-0.25, -0.2) is 4.79 Å². The Morgan fingerprint density at radius 2 is 1.27 bits per heavy atom. The van der Waals surface area contributed by atoms with Gasteiger partial charge in [0.2, 0.25) is 0 Å². The van der Waals surface area contributed by atoms with Crippen LogP contribution in [0.25, 0.3) is 0 Å². The van der Waals surface area contributed by atoms with Crippen LogP contribution in [0.2, 0.25) is 65.0 Å². The summed E-state index contributed by atoms with van der Waals surface area (Å²) in [4.78, 5) is 11.5. The second-order valence-corrected chi connectivity index (χ2v) is 27.7. The van der Waals surface area contributed by atoms with Gasteiger partial charge in [-0.3, -0.25) is 0 Å². The Labute approximate surface area is 187 Å². The highest BCUT2D eigenvalue weighted by molar-refractivity contribution is 6.90. The highest BCUT2D eigenvalue weighted by Crippen LogP contribution is 2.31. The van der Waals surface area contributed by atoms with Crippen molar-refractivity contribution in [1.29, 1.82) is 0 Å². The lowest BCUT2D eigenvalue weighted by molar-refractivity contribution is -0.132. The predicted octanol–water partition coefficient (Wildman–Crippen LogP) is 4.40. The lowest BCUT2D eigenvalue weighted by atomic mass is 9.98. The summed E-state index contributed by atoms with van der Waals surface area (Å²) in [5.41, 5.74) is 0.860. The molecule has 1 unspecified atom stereocenters. The maximum atomic E-state index is 11.5. The van der Waals surface area contributed by atoms with Crippen LogP contribution in [0.1, 0.15) is 26.2 Å². The summed E-state index contributed by atoms with van der Waals surface area (Å²) in [5.74, 6) is -1.01. The van der Waals surface area contributed by atoms with Crippen LogP contribution >= 0.6 is 0 Å². The molecule has 0 bridgehead atoms. The number of carboxylic acids is 1. The fourth-order valence-corrected chi connectivity index (χ4v) is 17.7. The van der Waals surface area contributed by atoms with Gasteiger partial charge in [-0.05, 0) is 85.1 Å². The number of hydrogen-bond donors (Lipinski definition) is 3. The van der Waals surface area contributed by atoms with Crippen molar-refractivity contribution < 1.29 is 32.5 Å². The van der Waals surface area contributed by atoms with Gasteiger partial charge in [-0.1, -0.05) is 5.57 Å². The van der Waals surface area contributed by atoms with Crippen LogP contribution in [0.5, 0.6) is 0 Å². The molecule has 11 heteroatoms. The average Bonchev–Trinajstić information content (AvgIpc) is 2.47. The number of carboxylic acid groups (broad SMARTS) is 1. The Bertz CT molecular complexity index is 548. The third kappa shape index (κ3) is 13.3. The predicted molar refractivity (Wildman–Crippen MR) is 131 cm³/mol. The summed E-state index contributed by atoms with van der Waals surface area (Å²) in [5, 5.41) is 28.4. The Kier molecular flexibility index (Phi) is 11.6. The van der Waals surface area contributed by atoms with Gasteiger partial charge in [0.05, 0.1) is 12.7 Å². The summed E-state index contributed by atoms with van der Waals surface area (Å²) in [6.07, 6.45) is 0.306. The molecule has 0 aliphatic carbocycles. The molecule has 178 valence electrons. The number of hydrogen-bond acceptors (Lipinski definition) is 6. The average molecular weight is 497 g/mol. The van der Waals surface area contributed by atoms with Crippen molar-refractivity contribution in [3.63, 3.8) is 0 Å². The van der Waals surface area contributed by atoms with Crippen molar-refractivity contribution >= 4 is 39.7 Å². The van der Waals surface area contributed by atoms with Crippen molar-refractivity contribution in [2.45, 2.75) is 97.3 Å². The first-order chi connectivity index (χ1) is 13.3. The zero-order valence-electron chi connectivity index (χ0n) is 20.6. The van der Waals surface area contributed by atoms with Crippen LogP contribution in [-0.2, 0) is 17.1 Å². The second-order valence-electron chi connectivity index (χ2n) is 10.8.